The van der Waals surface area contributed by atoms with Crippen molar-refractivity contribution in [2.75, 3.05) is 19.5 Å². The van der Waals surface area contributed by atoms with Crippen LogP contribution in [-0.2, 0) is 21.1 Å². The SMILES string of the molecule is CS(=O)(=O)c1cccc(Cl)c1CNC1CCOC1. The van der Waals surface area contributed by atoms with Crippen molar-refractivity contribution in [3.05, 3.63) is 28.8 Å². The van der Waals surface area contributed by atoms with E-state index in [1.165, 1.54) is 6.26 Å². The van der Waals surface area contributed by atoms with Gasteiger partial charge in [0.15, 0.2) is 9.84 Å². The first kappa shape index (κ1) is 13.8. The highest BCUT2D eigenvalue weighted by molar-refractivity contribution is 7.90. The highest BCUT2D eigenvalue weighted by atomic mass is 35.5. The Morgan fingerprint density at radius 3 is 2.89 bits per heavy atom. The lowest BCUT2D eigenvalue weighted by Gasteiger charge is -2.14. The second kappa shape index (κ2) is 5.57. The molecule has 1 saturated heterocycles. The Morgan fingerprint density at radius 1 is 1.50 bits per heavy atom. The van der Waals surface area contributed by atoms with Crippen LogP contribution in [0.3, 0.4) is 0 Å². The molecule has 6 heteroatoms. The predicted octanol–water partition coefficient (Wildman–Crippen LogP) is 1.62. The first-order chi connectivity index (χ1) is 8.48. The fourth-order valence-electron chi connectivity index (χ4n) is 2.00. The number of nitrogens with one attached hydrogen (secondary N) is 1. The first-order valence-corrected chi connectivity index (χ1v) is 8.04. The van der Waals surface area contributed by atoms with Crippen LogP contribution in [0.2, 0.25) is 5.02 Å². The average Bonchev–Trinajstić information content (AvgIpc) is 2.78. The van der Waals surface area contributed by atoms with E-state index < -0.39 is 9.84 Å². The summed E-state index contributed by atoms with van der Waals surface area (Å²) in [6.45, 7) is 1.86. The number of hydrogen-bond acceptors (Lipinski definition) is 4. The van der Waals surface area contributed by atoms with Gasteiger partial charge in [0, 0.05) is 36.0 Å². The van der Waals surface area contributed by atoms with Crippen molar-refractivity contribution in [2.24, 2.45) is 0 Å². The minimum atomic E-state index is -3.26. The average molecular weight is 290 g/mol. The van der Waals surface area contributed by atoms with Crippen molar-refractivity contribution in [1.82, 2.24) is 5.32 Å². The number of rotatable bonds is 4. The van der Waals surface area contributed by atoms with E-state index in [9.17, 15) is 8.42 Å². The molecule has 0 radical (unpaired) electrons. The molecule has 1 unspecified atom stereocenters. The van der Waals surface area contributed by atoms with E-state index in [0.717, 1.165) is 13.0 Å². The minimum absolute atomic E-state index is 0.272. The summed E-state index contributed by atoms with van der Waals surface area (Å²) in [5, 5.41) is 3.75. The summed E-state index contributed by atoms with van der Waals surface area (Å²) in [4.78, 5) is 0.293. The van der Waals surface area contributed by atoms with Crippen LogP contribution < -0.4 is 5.32 Å². The summed E-state index contributed by atoms with van der Waals surface area (Å²) >= 11 is 6.09. The fraction of sp³-hybridized carbons (Fsp3) is 0.500. The van der Waals surface area contributed by atoms with Crippen LogP contribution in [0.15, 0.2) is 23.1 Å². The number of sulfone groups is 1. The third kappa shape index (κ3) is 3.23. The fourth-order valence-corrected chi connectivity index (χ4v) is 3.25. The van der Waals surface area contributed by atoms with E-state index in [-0.39, 0.29) is 6.04 Å². The molecule has 1 aliphatic rings. The molecule has 0 bridgehead atoms. The van der Waals surface area contributed by atoms with Gasteiger partial charge in [-0.25, -0.2) is 8.42 Å². The van der Waals surface area contributed by atoms with Crippen molar-refractivity contribution < 1.29 is 13.2 Å². The van der Waals surface area contributed by atoms with Crippen LogP contribution in [0, 0.1) is 0 Å². The van der Waals surface area contributed by atoms with Crippen LogP contribution in [-0.4, -0.2) is 33.9 Å². The molecule has 0 saturated carbocycles. The van der Waals surface area contributed by atoms with Gasteiger partial charge in [-0.1, -0.05) is 17.7 Å². The zero-order valence-electron chi connectivity index (χ0n) is 10.1. The molecule has 0 aliphatic carbocycles. The van der Waals surface area contributed by atoms with Gasteiger partial charge in [-0.2, -0.15) is 0 Å². The zero-order valence-corrected chi connectivity index (χ0v) is 11.7. The summed E-state index contributed by atoms with van der Waals surface area (Å²) in [6.07, 6.45) is 2.14. The second-order valence-corrected chi connectivity index (χ2v) is 6.82. The summed E-state index contributed by atoms with van der Waals surface area (Å²) in [5.74, 6) is 0. The van der Waals surface area contributed by atoms with Crippen molar-refractivity contribution >= 4 is 21.4 Å². The van der Waals surface area contributed by atoms with Gasteiger partial charge in [0.25, 0.3) is 0 Å². The largest absolute Gasteiger partial charge is 0.380 e. The Labute approximate surface area is 112 Å². The van der Waals surface area contributed by atoms with Gasteiger partial charge < -0.3 is 10.1 Å². The maximum atomic E-state index is 11.7. The predicted molar refractivity (Wildman–Crippen MR) is 70.6 cm³/mol. The number of benzene rings is 1. The lowest BCUT2D eigenvalue weighted by atomic mass is 10.2. The molecule has 1 fully saturated rings. The third-order valence-electron chi connectivity index (χ3n) is 2.97. The maximum Gasteiger partial charge on any atom is 0.175 e. The van der Waals surface area contributed by atoms with Gasteiger partial charge in [0.05, 0.1) is 11.5 Å². The molecule has 18 heavy (non-hydrogen) atoms. The van der Waals surface area contributed by atoms with Gasteiger partial charge in [-0.3, -0.25) is 0 Å². The molecule has 100 valence electrons. The molecule has 1 aromatic rings. The highest BCUT2D eigenvalue weighted by Gasteiger charge is 2.19. The van der Waals surface area contributed by atoms with Crippen LogP contribution in [0.1, 0.15) is 12.0 Å². The van der Waals surface area contributed by atoms with Crippen LogP contribution in [0.5, 0.6) is 0 Å². The molecule has 1 aliphatic heterocycles. The van der Waals surface area contributed by atoms with Gasteiger partial charge in [0.2, 0.25) is 0 Å². The number of ether oxygens (including phenoxy) is 1. The highest BCUT2D eigenvalue weighted by Crippen LogP contribution is 2.24. The maximum absolute atomic E-state index is 11.7. The Morgan fingerprint density at radius 2 is 2.28 bits per heavy atom. The molecule has 1 N–H and O–H groups in total. The van der Waals surface area contributed by atoms with E-state index in [1.807, 2.05) is 0 Å². The number of halogens is 1. The lowest BCUT2D eigenvalue weighted by molar-refractivity contribution is 0.190. The third-order valence-corrected chi connectivity index (χ3v) is 4.51. The molecule has 0 amide bonds. The topological polar surface area (TPSA) is 55.4 Å². The number of hydrogen-bond donors (Lipinski definition) is 1. The smallest absolute Gasteiger partial charge is 0.175 e. The van der Waals surface area contributed by atoms with E-state index in [0.29, 0.717) is 28.6 Å². The van der Waals surface area contributed by atoms with Gasteiger partial charge in [-0.05, 0) is 18.6 Å². The molecule has 2 rings (SSSR count). The summed E-state index contributed by atoms with van der Waals surface area (Å²) in [7, 11) is -3.26. The molecular weight excluding hydrogens is 274 g/mol. The van der Waals surface area contributed by atoms with Crippen LogP contribution in [0.4, 0.5) is 0 Å². The lowest BCUT2D eigenvalue weighted by Crippen LogP contribution is -2.29. The molecule has 1 atom stereocenters. The Kier molecular flexibility index (Phi) is 4.27. The van der Waals surface area contributed by atoms with E-state index in [1.54, 1.807) is 18.2 Å². The zero-order chi connectivity index (χ0) is 13.2. The molecule has 4 nitrogen and oxygen atoms in total. The van der Waals surface area contributed by atoms with E-state index in [4.69, 9.17) is 16.3 Å². The monoisotopic (exact) mass is 289 g/mol. The van der Waals surface area contributed by atoms with Crippen molar-refractivity contribution in [3.8, 4) is 0 Å². The molecular formula is C12H16ClNO3S. The standard InChI is InChI=1S/C12H16ClNO3S/c1-18(15,16)12-4-2-3-11(13)10(12)7-14-9-5-6-17-8-9/h2-4,9,14H,5-8H2,1H3. The normalized spacial score (nSPS) is 20.2. The molecule has 1 heterocycles. The molecule has 1 aromatic carbocycles. The van der Waals surface area contributed by atoms with Crippen molar-refractivity contribution in [2.45, 2.75) is 23.9 Å². The van der Waals surface area contributed by atoms with Gasteiger partial charge >= 0.3 is 0 Å². The molecule has 0 aromatic heterocycles. The Bertz CT molecular complexity index is 524. The second-order valence-electron chi connectivity index (χ2n) is 4.43. The van der Waals surface area contributed by atoms with Gasteiger partial charge in [-0.15, -0.1) is 0 Å². The summed E-state index contributed by atoms with van der Waals surface area (Å²) in [6, 6.07) is 5.22. The Hall–Kier alpha value is -0.620. The summed E-state index contributed by atoms with van der Waals surface area (Å²) < 4.78 is 28.6. The van der Waals surface area contributed by atoms with Crippen molar-refractivity contribution in [3.63, 3.8) is 0 Å². The summed E-state index contributed by atoms with van der Waals surface area (Å²) in [5.41, 5.74) is 0.633. The Balaban J connectivity index is 2.20. The van der Waals surface area contributed by atoms with Crippen LogP contribution in [0.25, 0.3) is 0 Å². The van der Waals surface area contributed by atoms with E-state index in [2.05, 4.69) is 5.32 Å². The van der Waals surface area contributed by atoms with Crippen LogP contribution >= 0.6 is 11.6 Å². The minimum Gasteiger partial charge on any atom is -0.380 e. The molecule has 0 spiro atoms. The van der Waals surface area contributed by atoms with Gasteiger partial charge in [0.1, 0.15) is 0 Å². The van der Waals surface area contributed by atoms with E-state index >= 15 is 0 Å². The first-order valence-electron chi connectivity index (χ1n) is 5.77. The quantitative estimate of drug-likeness (QED) is 0.915. The van der Waals surface area contributed by atoms with Crippen molar-refractivity contribution in [1.29, 1.82) is 0 Å².